The summed E-state index contributed by atoms with van der Waals surface area (Å²) in [5.41, 5.74) is 5.52. The van der Waals surface area contributed by atoms with Gasteiger partial charge in [-0.3, -0.25) is 4.79 Å². The highest BCUT2D eigenvalue weighted by atomic mass is 19.1. The van der Waals surface area contributed by atoms with Gasteiger partial charge in [-0.25, -0.2) is 8.78 Å². The lowest BCUT2D eigenvalue weighted by Crippen LogP contribution is -2.28. The van der Waals surface area contributed by atoms with E-state index in [1.807, 2.05) is 0 Å². The highest BCUT2D eigenvalue weighted by Gasteiger charge is 2.28. The first-order valence-electron chi connectivity index (χ1n) is 5.04. The maximum absolute atomic E-state index is 13.3. The number of rotatable bonds is 2. The molecule has 0 saturated carbocycles. The van der Waals surface area contributed by atoms with Gasteiger partial charge >= 0.3 is 0 Å². The van der Waals surface area contributed by atoms with E-state index in [2.05, 4.69) is 0 Å². The summed E-state index contributed by atoms with van der Waals surface area (Å²) < 4.78 is 26.6. The van der Waals surface area contributed by atoms with Crippen molar-refractivity contribution in [1.82, 2.24) is 4.90 Å². The number of likely N-dealkylation sites (tertiary alicyclic amines) is 1. The second-order valence-electron chi connectivity index (χ2n) is 3.94. The van der Waals surface area contributed by atoms with Crippen molar-refractivity contribution in [2.24, 2.45) is 5.73 Å². The van der Waals surface area contributed by atoms with Crippen molar-refractivity contribution in [2.45, 2.75) is 19.0 Å². The normalized spacial score (nSPS) is 20.6. The lowest BCUT2D eigenvalue weighted by molar-refractivity contribution is -0.128. The summed E-state index contributed by atoms with van der Waals surface area (Å²) in [4.78, 5) is 12.8. The number of nitrogens with two attached hydrogens (primary N) is 1. The fraction of sp³-hybridized carbons (Fsp3) is 0.364. The molecule has 2 rings (SSSR count). The molecular formula is C11H12F2N2O. The Bertz CT molecular complexity index is 402. The highest BCUT2D eigenvalue weighted by molar-refractivity contribution is 5.79. The van der Waals surface area contributed by atoms with E-state index in [-0.39, 0.29) is 30.5 Å². The van der Waals surface area contributed by atoms with Crippen LogP contribution in [0.1, 0.15) is 12.0 Å². The molecule has 0 bridgehead atoms. The van der Waals surface area contributed by atoms with Crippen molar-refractivity contribution in [3.05, 3.63) is 35.4 Å². The van der Waals surface area contributed by atoms with Crippen LogP contribution in [-0.2, 0) is 11.3 Å². The Morgan fingerprint density at radius 2 is 2.00 bits per heavy atom. The van der Waals surface area contributed by atoms with Gasteiger partial charge in [-0.1, -0.05) is 6.07 Å². The first-order valence-corrected chi connectivity index (χ1v) is 5.04. The maximum Gasteiger partial charge on any atom is 0.224 e. The molecule has 0 unspecified atom stereocenters. The minimum atomic E-state index is -0.631. The SMILES string of the molecule is N[C@H]1CC(=O)N(Cc2c(F)cccc2F)C1. The number of benzene rings is 1. The van der Waals surface area contributed by atoms with Gasteiger partial charge in [0.25, 0.3) is 0 Å². The molecule has 0 spiro atoms. The molecule has 1 amide bonds. The fourth-order valence-electron chi connectivity index (χ4n) is 1.83. The zero-order valence-corrected chi connectivity index (χ0v) is 8.62. The summed E-state index contributed by atoms with van der Waals surface area (Å²) >= 11 is 0. The number of nitrogens with zero attached hydrogens (tertiary/aromatic N) is 1. The van der Waals surface area contributed by atoms with Crippen molar-refractivity contribution < 1.29 is 13.6 Å². The van der Waals surface area contributed by atoms with Crippen LogP contribution in [0.2, 0.25) is 0 Å². The van der Waals surface area contributed by atoms with Gasteiger partial charge in [0.05, 0.1) is 6.54 Å². The lowest BCUT2D eigenvalue weighted by atomic mass is 10.2. The smallest absolute Gasteiger partial charge is 0.224 e. The van der Waals surface area contributed by atoms with Gasteiger partial charge in [0.15, 0.2) is 0 Å². The predicted molar refractivity (Wildman–Crippen MR) is 54.4 cm³/mol. The second kappa shape index (κ2) is 4.17. The topological polar surface area (TPSA) is 46.3 Å². The first kappa shape index (κ1) is 11.0. The second-order valence-corrected chi connectivity index (χ2v) is 3.94. The van der Waals surface area contributed by atoms with Gasteiger partial charge < -0.3 is 10.6 Å². The molecular weight excluding hydrogens is 214 g/mol. The van der Waals surface area contributed by atoms with E-state index in [1.165, 1.54) is 23.1 Å². The van der Waals surface area contributed by atoms with E-state index in [4.69, 9.17) is 5.73 Å². The quantitative estimate of drug-likeness (QED) is 0.818. The van der Waals surface area contributed by atoms with Crippen molar-refractivity contribution in [1.29, 1.82) is 0 Å². The van der Waals surface area contributed by atoms with Gasteiger partial charge in [0.1, 0.15) is 11.6 Å². The summed E-state index contributed by atoms with van der Waals surface area (Å²) in [5.74, 6) is -1.42. The number of hydrogen-bond acceptors (Lipinski definition) is 2. The molecule has 1 saturated heterocycles. The van der Waals surface area contributed by atoms with Crippen LogP contribution in [0.15, 0.2) is 18.2 Å². The minimum Gasteiger partial charge on any atom is -0.337 e. The van der Waals surface area contributed by atoms with Crippen LogP contribution in [0.3, 0.4) is 0 Å². The zero-order valence-electron chi connectivity index (χ0n) is 8.62. The van der Waals surface area contributed by atoms with Crippen LogP contribution in [0.4, 0.5) is 8.78 Å². The van der Waals surface area contributed by atoms with E-state index in [9.17, 15) is 13.6 Å². The predicted octanol–water partition coefficient (Wildman–Crippen LogP) is 1.02. The highest BCUT2D eigenvalue weighted by Crippen LogP contribution is 2.18. The number of halogens is 2. The van der Waals surface area contributed by atoms with E-state index in [0.717, 1.165) is 0 Å². The van der Waals surface area contributed by atoms with Crippen molar-refractivity contribution in [3.8, 4) is 0 Å². The summed E-state index contributed by atoms with van der Waals surface area (Å²) in [7, 11) is 0. The molecule has 0 aromatic heterocycles. The standard InChI is InChI=1S/C11H12F2N2O/c12-9-2-1-3-10(13)8(9)6-15-5-7(14)4-11(15)16/h1-3,7H,4-6,14H2/t7-/m0/s1. The van der Waals surface area contributed by atoms with Crippen molar-refractivity contribution in [2.75, 3.05) is 6.54 Å². The molecule has 1 aliphatic heterocycles. The summed E-state index contributed by atoms with van der Waals surface area (Å²) in [5, 5.41) is 0. The Balaban J connectivity index is 2.18. The number of carbonyl (C=O) groups excluding carboxylic acids is 1. The van der Waals surface area contributed by atoms with Crippen LogP contribution in [-0.4, -0.2) is 23.4 Å². The molecule has 1 aromatic rings. The molecule has 86 valence electrons. The van der Waals surface area contributed by atoms with Gasteiger partial charge in [-0.15, -0.1) is 0 Å². The van der Waals surface area contributed by atoms with Gasteiger partial charge in [-0.05, 0) is 12.1 Å². The van der Waals surface area contributed by atoms with Crippen LogP contribution in [0, 0.1) is 11.6 Å². The van der Waals surface area contributed by atoms with Crippen LogP contribution in [0.25, 0.3) is 0 Å². The fourth-order valence-corrected chi connectivity index (χ4v) is 1.83. The summed E-state index contributed by atoms with van der Waals surface area (Å²) in [6.07, 6.45) is 0.246. The number of hydrogen-bond donors (Lipinski definition) is 1. The molecule has 1 aliphatic rings. The Morgan fingerprint density at radius 1 is 1.38 bits per heavy atom. The Hall–Kier alpha value is -1.49. The monoisotopic (exact) mass is 226 g/mol. The van der Waals surface area contributed by atoms with Gasteiger partial charge in [0.2, 0.25) is 5.91 Å². The third-order valence-corrected chi connectivity index (χ3v) is 2.66. The Morgan fingerprint density at radius 3 is 2.50 bits per heavy atom. The third-order valence-electron chi connectivity index (χ3n) is 2.66. The number of carbonyl (C=O) groups is 1. The third kappa shape index (κ3) is 2.04. The summed E-state index contributed by atoms with van der Waals surface area (Å²) in [6.45, 7) is 0.303. The van der Waals surface area contributed by atoms with Crippen LogP contribution >= 0.6 is 0 Å². The lowest BCUT2D eigenvalue weighted by Gasteiger charge is -2.16. The zero-order chi connectivity index (χ0) is 11.7. The van der Waals surface area contributed by atoms with Crippen LogP contribution in [0.5, 0.6) is 0 Å². The molecule has 0 aliphatic carbocycles. The Labute approximate surface area is 91.8 Å². The maximum atomic E-state index is 13.3. The molecule has 1 heterocycles. The number of amides is 1. The molecule has 1 atom stereocenters. The molecule has 2 N–H and O–H groups in total. The molecule has 1 aromatic carbocycles. The molecule has 1 fully saturated rings. The average molecular weight is 226 g/mol. The molecule has 3 nitrogen and oxygen atoms in total. The summed E-state index contributed by atoms with van der Waals surface area (Å²) in [6, 6.07) is 3.42. The van der Waals surface area contributed by atoms with Gasteiger partial charge in [0, 0.05) is 24.6 Å². The average Bonchev–Trinajstić information content (AvgIpc) is 2.51. The van der Waals surface area contributed by atoms with E-state index < -0.39 is 11.6 Å². The molecule has 16 heavy (non-hydrogen) atoms. The molecule has 0 radical (unpaired) electrons. The minimum absolute atomic E-state index is 0.0506. The van der Waals surface area contributed by atoms with Crippen molar-refractivity contribution in [3.63, 3.8) is 0 Å². The Kier molecular flexibility index (Phi) is 2.87. The van der Waals surface area contributed by atoms with E-state index >= 15 is 0 Å². The van der Waals surface area contributed by atoms with Crippen LogP contribution < -0.4 is 5.73 Å². The largest absolute Gasteiger partial charge is 0.337 e. The van der Waals surface area contributed by atoms with Crippen molar-refractivity contribution >= 4 is 5.91 Å². The first-order chi connectivity index (χ1) is 7.58. The van der Waals surface area contributed by atoms with E-state index in [1.54, 1.807) is 0 Å². The van der Waals surface area contributed by atoms with E-state index in [0.29, 0.717) is 6.54 Å². The van der Waals surface area contributed by atoms with Gasteiger partial charge in [-0.2, -0.15) is 0 Å². The molecule has 5 heteroatoms.